The summed E-state index contributed by atoms with van der Waals surface area (Å²) in [6.07, 6.45) is 2.51. The molecule has 0 heterocycles. The molecule has 2 heteroatoms. The van der Waals surface area contributed by atoms with E-state index < -0.39 is 0 Å². The normalized spacial score (nSPS) is 10.4. The fourth-order valence-corrected chi connectivity index (χ4v) is 1.83. The maximum absolute atomic E-state index is 11.9. The van der Waals surface area contributed by atoms with Crippen LogP contribution in [0.25, 0.3) is 0 Å². The second-order valence-corrected chi connectivity index (χ2v) is 4.38. The van der Waals surface area contributed by atoms with Gasteiger partial charge < -0.3 is 4.74 Å². The van der Waals surface area contributed by atoms with Crippen molar-refractivity contribution in [1.82, 2.24) is 0 Å². The Hall–Kier alpha value is -1.31. The topological polar surface area (TPSA) is 26.3 Å². The molecule has 0 amide bonds. The van der Waals surface area contributed by atoms with E-state index in [1.165, 1.54) is 0 Å². The summed E-state index contributed by atoms with van der Waals surface area (Å²) in [5, 5.41) is 0. The highest BCUT2D eigenvalue weighted by Crippen LogP contribution is 2.25. The Labute approximate surface area is 104 Å². The van der Waals surface area contributed by atoms with Crippen LogP contribution in [0.1, 0.15) is 54.6 Å². The second-order valence-electron chi connectivity index (χ2n) is 4.38. The minimum Gasteiger partial charge on any atom is -0.493 e. The first-order valence-electron chi connectivity index (χ1n) is 6.38. The van der Waals surface area contributed by atoms with Crippen molar-refractivity contribution in [1.29, 1.82) is 0 Å². The van der Waals surface area contributed by atoms with E-state index in [0.29, 0.717) is 6.42 Å². The SMILES string of the molecule is CCCOc1ccc(C(=O)CCC)c(C)c1C. The van der Waals surface area contributed by atoms with Gasteiger partial charge in [0, 0.05) is 12.0 Å². The number of hydrogen-bond acceptors (Lipinski definition) is 2. The lowest BCUT2D eigenvalue weighted by Crippen LogP contribution is -2.05. The minimum atomic E-state index is 0.232. The summed E-state index contributed by atoms with van der Waals surface area (Å²) in [5.74, 6) is 1.13. The fourth-order valence-electron chi connectivity index (χ4n) is 1.83. The lowest BCUT2D eigenvalue weighted by molar-refractivity contribution is 0.0981. The average molecular weight is 234 g/mol. The van der Waals surface area contributed by atoms with Gasteiger partial charge in [-0.15, -0.1) is 0 Å². The van der Waals surface area contributed by atoms with E-state index in [-0.39, 0.29) is 5.78 Å². The monoisotopic (exact) mass is 234 g/mol. The van der Waals surface area contributed by atoms with Crippen LogP contribution in [0, 0.1) is 13.8 Å². The van der Waals surface area contributed by atoms with Crippen molar-refractivity contribution < 1.29 is 9.53 Å². The maximum Gasteiger partial charge on any atom is 0.163 e. The van der Waals surface area contributed by atoms with Crippen LogP contribution in [0.15, 0.2) is 12.1 Å². The predicted molar refractivity (Wildman–Crippen MR) is 70.9 cm³/mol. The quantitative estimate of drug-likeness (QED) is 0.693. The highest BCUT2D eigenvalue weighted by Gasteiger charge is 2.12. The summed E-state index contributed by atoms with van der Waals surface area (Å²) in [4.78, 5) is 11.9. The fraction of sp³-hybridized carbons (Fsp3) is 0.533. The molecule has 1 rings (SSSR count). The molecule has 0 saturated heterocycles. The van der Waals surface area contributed by atoms with Gasteiger partial charge in [0.05, 0.1) is 6.61 Å². The first-order valence-corrected chi connectivity index (χ1v) is 6.38. The Morgan fingerprint density at radius 1 is 1.12 bits per heavy atom. The zero-order chi connectivity index (χ0) is 12.8. The molecule has 0 aliphatic heterocycles. The van der Waals surface area contributed by atoms with Crippen molar-refractivity contribution in [3.05, 3.63) is 28.8 Å². The smallest absolute Gasteiger partial charge is 0.163 e. The average Bonchev–Trinajstić information content (AvgIpc) is 2.31. The minimum absolute atomic E-state index is 0.232. The van der Waals surface area contributed by atoms with Crippen molar-refractivity contribution in [3.63, 3.8) is 0 Å². The first kappa shape index (κ1) is 13.8. The lowest BCUT2D eigenvalue weighted by Gasteiger charge is -2.13. The van der Waals surface area contributed by atoms with Gasteiger partial charge in [-0.25, -0.2) is 0 Å². The predicted octanol–water partition coefficient (Wildman–Crippen LogP) is 4.08. The molecule has 0 aromatic heterocycles. The van der Waals surface area contributed by atoms with E-state index in [2.05, 4.69) is 6.92 Å². The van der Waals surface area contributed by atoms with Gasteiger partial charge in [0.2, 0.25) is 0 Å². The number of carbonyl (C=O) groups excluding carboxylic acids is 1. The van der Waals surface area contributed by atoms with Crippen LogP contribution < -0.4 is 4.74 Å². The Bertz CT molecular complexity index is 394. The van der Waals surface area contributed by atoms with Crippen molar-refractivity contribution >= 4 is 5.78 Å². The number of Topliss-reactive ketones (excluding diaryl/α,β-unsaturated/α-hetero) is 1. The Morgan fingerprint density at radius 2 is 1.82 bits per heavy atom. The molecule has 0 saturated carbocycles. The van der Waals surface area contributed by atoms with Crippen LogP contribution in [0.4, 0.5) is 0 Å². The first-order chi connectivity index (χ1) is 8.11. The van der Waals surface area contributed by atoms with Crippen LogP contribution in [-0.4, -0.2) is 12.4 Å². The molecular weight excluding hydrogens is 212 g/mol. The van der Waals surface area contributed by atoms with Crippen LogP contribution in [0.5, 0.6) is 5.75 Å². The molecule has 0 spiro atoms. The molecule has 2 nitrogen and oxygen atoms in total. The van der Waals surface area contributed by atoms with E-state index in [0.717, 1.165) is 41.9 Å². The molecule has 0 aliphatic carbocycles. The van der Waals surface area contributed by atoms with E-state index in [1.54, 1.807) is 0 Å². The van der Waals surface area contributed by atoms with Crippen molar-refractivity contribution in [2.24, 2.45) is 0 Å². The Balaban J connectivity index is 2.97. The largest absolute Gasteiger partial charge is 0.493 e. The van der Waals surface area contributed by atoms with Gasteiger partial charge in [-0.2, -0.15) is 0 Å². The standard InChI is InChI=1S/C15H22O2/c1-5-7-14(16)13-8-9-15(17-10-6-2)12(4)11(13)3/h8-9H,5-7,10H2,1-4H3. The van der Waals surface area contributed by atoms with Crippen LogP contribution in [0.2, 0.25) is 0 Å². The van der Waals surface area contributed by atoms with Gasteiger partial charge in [0.1, 0.15) is 5.75 Å². The third-order valence-electron chi connectivity index (χ3n) is 2.98. The van der Waals surface area contributed by atoms with E-state index in [4.69, 9.17) is 4.74 Å². The molecule has 0 unspecified atom stereocenters. The number of benzene rings is 1. The molecule has 0 radical (unpaired) electrons. The van der Waals surface area contributed by atoms with Crippen molar-refractivity contribution in [2.75, 3.05) is 6.61 Å². The highest BCUT2D eigenvalue weighted by atomic mass is 16.5. The van der Waals surface area contributed by atoms with E-state index in [1.807, 2.05) is 32.9 Å². The Kier molecular flexibility index (Phi) is 5.20. The number of carbonyl (C=O) groups is 1. The van der Waals surface area contributed by atoms with E-state index >= 15 is 0 Å². The van der Waals surface area contributed by atoms with E-state index in [9.17, 15) is 4.79 Å². The van der Waals surface area contributed by atoms with Crippen LogP contribution in [-0.2, 0) is 0 Å². The molecule has 0 fully saturated rings. The van der Waals surface area contributed by atoms with Gasteiger partial charge in [-0.3, -0.25) is 4.79 Å². The van der Waals surface area contributed by atoms with Gasteiger partial charge >= 0.3 is 0 Å². The summed E-state index contributed by atoms with van der Waals surface area (Å²) in [6.45, 7) is 8.85. The molecule has 0 N–H and O–H groups in total. The van der Waals surface area contributed by atoms with Gasteiger partial charge in [-0.1, -0.05) is 13.8 Å². The zero-order valence-corrected chi connectivity index (χ0v) is 11.3. The van der Waals surface area contributed by atoms with Gasteiger partial charge in [0.15, 0.2) is 5.78 Å². The number of hydrogen-bond donors (Lipinski definition) is 0. The molecule has 17 heavy (non-hydrogen) atoms. The third-order valence-corrected chi connectivity index (χ3v) is 2.98. The summed E-state index contributed by atoms with van der Waals surface area (Å²) < 4.78 is 5.65. The third kappa shape index (κ3) is 3.32. The number of ketones is 1. The van der Waals surface area contributed by atoms with Crippen molar-refractivity contribution in [2.45, 2.75) is 47.0 Å². The second kappa shape index (κ2) is 6.43. The molecule has 1 aromatic carbocycles. The zero-order valence-electron chi connectivity index (χ0n) is 11.3. The van der Waals surface area contributed by atoms with Gasteiger partial charge in [-0.05, 0) is 49.9 Å². The summed E-state index contributed by atoms with van der Waals surface area (Å²) in [5.41, 5.74) is 2.98. The lowest BCUT2D eigenvalue weighted by atomic mass is 9.97. The van der Waals surface area contributed by atoms with Crippen LogP contribution >= 0.6 is 0 Å². The van der Waals surface area contributed by atoms with Crippen LogP contribution in [0.3, 0.4) is 0 Å². The molecule has 94 valence electrons. The molecule has 0 atom stereocenters. The molecule has 0 bridgehead atoms. The summed E-state index contributed by atoms with van der Waals surface area (Å²) in [6, 6.07) is 3.81. The Morgan fingerprint density at radius 3 is 2.41 bits per heavy atom. The summed E-state index contributed by atoms with van der Waals surface area (Å²) in [7, 11) is 0. The van der Waals surface area contributed by atoms with Gasteiger partial charge in [0.25, 0.3) is 0 Å². The molecular formula is C15H22O2. The number of ether oxygens (including phenoxy) is 1. The van der Waals surface area contributed by atoms with Crippen molar-refractivity contribution in [3.8, 4) is 5.75 Å². The summed E-state index contributed by atoms with van der Waals surface area (Å²) >= 11 is 0. The number of rotatable bonds is 6. The molecule has 0 aliphatic rings. The highest BCUT2D eigenvalue weighted by molar-refractivity contribution is 5.97. The maximum atomic E-state index is 11.9. The molecule has 1 aromatic rings.